The summed E-state index contributed by atoms with van der Waals surface area (Å²) in [5, 5.41) is 10.6. The second-order valence-corrected chi connectivity index (χ2v) is 7.15. The second-order valence-electron chi connectivity index (χ2n) is 7.15. The number of nitrogens with one attached hydrogen (secondary N) is 2. The number of carbonyl (C=O) groups is 1. The minimum atomic E-state index is -0.266. The molecule has 150 valence electrons. The van der Waals surface area contributed by atoms with Gasteiger partial charge in [-0.15, -0.1) is 5.10 Å². The lowest BCUT2D eigenvalue weighted by molar-refractivity contribution is 0.247. The smallest absolute Gasteiger partial charge is 0.320 e. The summed E-state index contributed by atoms with van der Waals surface area (Å²) in [5.74, 6) is 1.07. The van der Waals surface area contributed by atoms with Gasteiger partial charge in [0.15, 0.2) is 0 Å². The van der Waals surface area contributed by atoms with E-state index in [9.17, 15) is 4.79 Å². The highest BCUT2D eigenvalue weighted by atomic mass is 16.5. The summed E-state index contributed by atoms with van der Waals surface area (Å²) < 4.78 is 7.06. The molecule has 4 rings (SSSR count). The Kier molecular flexibility index (Phi) is 5.12. The Morgan fingerprint density at radius 1 is 1.14 bits per heavy atom. The van der Waals surface area contributed by atoms with Crippen molar-refractivity contribution in [2.24, 2.45) is 0 Å². The molecule has 7 nitrogen and oxygen atoms in total. The summed E-state index contributed by atoms with van der Waals surface area (Å²) in [4.78, 5) is 15.1. The van der Waals surface area contributed by atoms with E-state index in [1.54, 1.807) is 11.8 Å². The Hall–Kier alpha value is -3.48. The summed E-state index contributed by atoms with van der Waals surface area (Å²) in [6.45, 7) is 2.77. The molecule has 1 aliphatic rings. The zero-order valence-corrected chi connectivity index (χ0v) is 16.8. The largest absolute Gasteiger partial charge is 0.480 e. The Morgan fingerprint density at radius 3 is 2.62 bits per heavy atom. The number of benzene rings is 2. The molecule has 1 aromatic heterocycles. The van der Waals surface area contributed by atoms with E-state index < -0.39 is 0 Å². The van der Waals surface area contributed by atoms with Gasteiger partial charge in [-0.3, -0.25) is 5.32 Å². The highest BCUT2D eigenvalue weighted by molar-refractivity contribution is 5.90. The fourth-order valence-corrected chi connectivity index (χ4v) is 3.75. The standard InChI is InChI=1S/C22H25N5O2/c1-15-20(27(25-21(15)29-3)16-9-5-4-6-10-16)24-22(28)23-18-13-14-26(2)19-12-8-7-11-17(18)19/h4-12,18H,13-14H2,1-3H3,(H2,23,24,28). The zero-order chi connectivity index (χ0) is 20.4. The van der Waals surface area contributed by atoms with E-state index >= 15 is 0 Å². The van der Waals surface area contributed by atoms with Crippen LogP contribution in [-0.2, 0) is 0 Å². The van der Waals surface area contributed by atoms with Crippen molar-refractivity contribution in [3.63, 3.8) is 0 Å². The van der Waals surface area contributed by atoms with Crippen LogP contribution in [-0.4, -0.2) is 36.5 Å². The molecule has 1 unspecified atom stereocenters. The third-order valence-electron chi connectivity index (χ3n) is 5.29. The van der Waals surface area contributed by atoms with E-state index in [0.29, 0.717) is 11.7 Å². The van der Waals surface area contributed by atoms with Crippen LogP contribution < -0.4 is 20.3 Å². The van der Waals surface area contributed by atoms with Gasteiger partial charge in [-0.25, -0.2) is 9.48 Å². The van der Waals surface area contributed by atoms with Gasteiger partial charge in [0.05, 0.1) is 24.4 Å². The van der Waals surface area contributed by atoms with Gasteiger partial charge in [-0.05, 0) is 37.1 Å². The fraction of sp³-hybridized carbons (Fsp3) is 0.273. The molecular weight excluding hydrogens is 366 g/mol. The number of ether oxygens (including phenoxy) is 1. The van der Waals surface area contributed by atoms with Gasteiger partial charge in [-0.1, -0.05) is 36.4 Å². The molecule has 1 aliphatic heterocycles. The number of nitrogens with zero attached hydrogens (tertiary/aromatic N) is 3. The molecule has 2 heterocycles. The molecule has 0 saturated heterocycles. The minimum absolute atomic E-state index is 0.0438. The number of hydrogen-bond acceptors (Lipinski definition) is 4. The van der Waals surface area contributed by atoms with Crippen LogP contribution in [0.25, 0.3) is 5.69 Å². The molecule has 1 atom stereocenters. The van der Waals surface area contributed by atoms with E-state index in [0.717, 1.165) is 35.5 Å². The van der Waals surface area contributed by atoms with Crippen LogP contribution in [0.15, 0.2) is 54.6 Å². The average Bonchev–Trinajstić information content (AvgIpc) is 3.06. The highest BCUT2D eigenvalue weighted by Gasteiger charge is 2.25. The van der Waals surface area contributed by atoms with Crippen LogP contribution >= 0.6 is 0 Å². The third kappa shape index (κ3) is 3.63. The van der Waals surface area contributed by atoms with Gasteiger partial charge in [0.25, 0.3) is 0 Å². The van der Waals surface area contributed by atoms with Crippen molar-refractivity contribution in [1.82, 2.24) is 15.1 Å². The van der Waals surface area contributed by atoms with Crippen LogP contribution in [0.5, 0.6) is 5.88 Å². The summed E-state index contributed by atoms with van der Waals surface area (Å²) in [6, 6.07) is 17.5. The molecule has 0 radical (unpaired) electrons. The summed E-state index contributed by atoms with van der Waals surface area (Å²) >= 11 is 0. The predicted molar refractivity (Wildman–Crippen MR) is 114 cm³/mol. The molecule has 0 spiro atoms. The number of rotatable bonds is 4. The van der Waals surface area contributed by atoms with E-state index in [1.807, 2.05) is 49.4 Å². The van der Waals surface area contributed by atoms with Gasteiger partial charge in [-0.2, -0.15) is 0 Å². The Bertz CT molecular complexity index is 1020. The first-order chi connectivity index (χ1) is 14.1. The molecule has 2 N–H and O–H groups in total. The van der Waals surface area contributed by atoms with Crippen LogP contribution in [0, 0.1) is 6.92 Å². The van der Waals surface area contributed by atoms with E-state index in [1.165, 1.54) is 0 Å². The number of para-hydroxylation sites is 2. The predicted octanol–water partition coefficient (Wildman–Crippen LogP) is 3.89. The van der Waals surface area contributed by atoms with Gasteiger partial charge in [0.1, 0.15) is 5.82 Å². The van der Waals surface area contributed by atoms with Crippen molar-refractivity contribution >= 4 is 17.5 Å². The maximum absolute atomic E-state index is 12.9. The number of fused-ring (bicyclic) bond motifs is 1. The quantitative estimate of drug-likeness (QED) is 0.708. The van der Waals surface area contributed by atoms with Gasteiger partial charge >= 0.3 is 6.03 Å². The number of anilines is 2. The number of aromatic nitrogens is 2. The minimum Gasteiger partial charge on any atom is -0.480 e. The van der Waals surface area contributed by atoms with Crippen LogP contribution in [0.1, 0.15) is 23.6 Å². The molecule has 0 fully saturated rings. The number of carbonyl (C=O) groups excluding carboxylic acids is 1. The molecule has 2 amide bonds. The van der Waals surface area contributed by atoms with Crippen molar-refractivity contribution in [3.05, 3.63) is 65.7 Å². The van der Waals surface area contributed by atoms with Gasteiger partial charge in [0, 0.05) is 19.3 Å². The fourth-order valence-electron chi connectivity index (χ4n) is 3.75. The molecular formula is C22H25N5O2. The van der Waals surface area contributed by atoms with Gasteiger partial charge in [0.2, 0.25) is 5.88 Å². The molecule has 0 aliphatic carbocycles. The first kappa shape index (κ1) is 18.9. The first-order valence-corrected chi connectivity index (χ1v) is 9.65. The number of hydrogen-bond donors (Lipinski definition) is 2. The summed E-state index contributed by atoms with van der Waals surface area (Å²) in [5.41, 5.74) is 3.90. The number of amides is 2. The summed E-state index contributed by atoms with van der Waals surface area (Å²) in [6.07, 6.45) is 0.848. The van der Waals surface area contributed by atoms with Crippen molar-refractivity contribution in [1.29, 1.82) is 0 Å². The zero-order valence-electron chi connectivity index (χ0n) is 16.8. The number of urea groups is 1. The van der Waals surface area contributed by atoms with Crippen molar-refractivity contribution in [3.8, 4) is 11.6 Å². The highest BCUT2D eigenvalue weighted by Crippen LogP contribution is 2.33. The average molecular weight is 391 g/mol. The van der Waals surface area contributed by atoms with Crippen LogP contribution in [0.2, 0.25) is 0 Å². The van der Waals surface area contributed by atoms with E-state index in [-0.39, 0.29) is 12.1 Å². The van der Waals surface area contributed by atoms with E-state index in [2.05, 4.69) is 39.8 Å². The maximum Gasteiger partial charge on any atom is 0.320 e. The lowest BCUT2D eigenvalue weighted by Crippen LogP contribution is -2.38. The van der Waals surface area contributed by atoms with Crippen LogP contribution in [0.4, 0.5) is 16.3 Å². The third-order valence-corrected chi connectivity index (χ3v) is 5.29. The first-order valence-electron chi connectivity index (χ1n) is 9.65. The Morgan fingerprint density at radius 2 is 1.86 bits per heavy atom. The number of methoxy groups -OCH3 is 1. The molecule has 3 aromatic rings. The van der Waals surface area contributed by atoms with Crippen molar-refractivity contribution in [2.75, 3.05) is 30.9 Å². The SMILES string of the molecule is COc1nn(-c2ccccc2)c(NC(=O)NC2CCN(C)c3ccccc32)c1C. The maximum atomic E-state index is 12.9. The van der Waals surface area contributed by atoms with Gasteiger partial charge < -0.3 is 15.0 Å². The molecule has 2 aromatic carbocycles. The summed E-state index contributed by atoms with van der Waals surface area (Å²) in [7, 11) is 3.65. The normalized spacial score (nSPS) is 15.6. The second kappa shape index (κ2) is 7.87. The Labute approximate surface area is 170 Å². The van der Waals surface area contributed by atoms with Crippen LogP contribution in [0.3, 0.4) is 0 Å². The lowest BCUT2D eigenvalue weighted by atomic mass is 9.97. The lowest BCUT2D eigenvalue weighted by Gasteiger charge is -2.33. The molecule has 0 saturated carbocycles. The monoisotopic (exact) mass is 391 g/mol. The topological polar surface area (TPSA) is 71.4 Å². The van der Waals surface area contributed by atoms with E-state index in [4.69, 9.17) is 4.74 Å². The molecule has 0 bridgehead atoms. The molecule has 7 heteroatoms. The van der Waals surface area contributed by atoms with Crippen molar-refractivity contribution in [2.45, 2.75) is 19.4 Å². The molecule has 29 heavy (non-hydrogen) atoms. The Balaban J connectivity index is 1.58. The van der Waals surface area contributed by atoms with Crippen molar-refractivity contribution < 1.29 is 9.53 Å².